The molecule has 0 bridgehead atoms. The van der Waals surface area contributed by atoms with E-state index >= 15 is 0 Å². The third-order valence-corrected chi connectivity index (χ3v) is 3.55. The topological polar surface area (TPSA) is 32.3 Å². The summed E-state index contributed by atoms with van der Waals surface area (Å²) in [7, 11) is 0. The van der Waals surface area contributed by atoms with E-state index in [1.807, 2.05) is 44.2 Å². The molecule has 2 rings (SSSR count). The van der Waals surface area contributed by atoms with E-state index in [1.54, 1.807) is 4.90 Å². The Morgan fingerprint density at radius 2 is 1.71 bits per heavy atom. The van der Waals surface area contributed by atoms with Crippen molar-refractivity contribution in [3.8, 4) is 11.1 Å². The first-order valence-corrected chi connectivity index (χ1v) is 7.37. The number of hydrogen-bond donors (Lipinski definition) is 1. The Kier molecular flexibility index (Phi) is 4.99. The number of urea groups is 1. The number of anilines is 1. The second-order valence-electron chi connectivity index (χ2n) is 5.02. The number of rotatable bonds is 4. The van der Waals surface area contributed by atoms with E-state index in [-0.39, 0.29) is 6.03 Å². The molecule has 3 heteroatoms. The average molecular weight is 282 g/mol. The summed E-state index contributed by atoms with van der Waals surface area (Å²) in [5.74, 6) is 0. The molecule has 2 amide bonds. The summed E-state index contributed by atoms with van der Waals surface area (Å²) in [6, 6.07) is 16.2. The van der Waals surface area contributed by atoms with Gasteiger partial charge in [-0.1, -0.05) is 42.0 Å². The van der Waals surface area contributed by atoms with Crippen molar-refractivity contribution in [3.05, 3.63) is 54.1 Å². The van der Waals surface area contributed by atoms with Crippen molar-refractivity contribution in [1.82, 2.24) is 4.90 Å². The number of aryl methyl sites for hydroxylation is 1. The molecule has 0 saturated heterocycles. The lowest BCUT2D eigenvalue weighted by atomic mass is 10.0. The van der Waals surface area contributed by atoms with E-state index in [0.29, 0.717) is 13.1 Å². The molecule has 0 radical (unpaired) electrons. The number of carbonyl (C=O) groups excluding carboxylic acids is 1. The maximum Gasteiger partial charge on any atom is 0.321 e. The summed E-state index contributed by atoms with van der Waals surface area (Å²) in [5.41, 5.74) is 4.19. The van der Waals surface area contributed by atoms with Crippen LogP contribution in [0.1, 0.15) is 19.4 Å². The van der Waals surface area contributed by atoms with Crippen LogP contribution in [0.2, 0.25) is 0 Å². The van der Waals surface area contributed by atoms with Gasteiger partial charge in [-0.2, -0.15) is 0 Å². The molecule has 0 heterocycles. The molecular formula is C18H22N2O. The van der Waals surface area contributed by atoms with Crippen molar-refractivity contribution in [2.45, 2.75) is 20.8 Å². The van der Waals surface area contributed by atoms with Crippen molar-refractivity contribution < 1.29 is 4.79 Å². The minimum atomic E-state index is -0.0546. The van der Waals surface area contributed by atoms with Gasteiger partial charge in [0, 0.05) is 18.7 Å². The molecule has 0 aliphatic heterocycles. The molecule has 21 heavy (non-hydrogen) atoms. The second-order valence-corrected chi connectivity index (χ2v) is 5.02. The molecule has 110 valence electrons. The van der Waals surface area contributed by atoms with Gasteiger partial charge in [0.05, 0.1) is 5.69 Å². The lowest BCUT2D eigenvalue weighted by Gasteiger charge is -2.20. The summed E-state index contributed by atoms with van der Waals surface area (Å²) in [5, 5.41) is 3.03. The van der Waals surface area contributed by atoms with Gasteiger partial charge in [0.15, 0.2) is 0 Å². The summed E-state index contributed by atoms with van der Waals surface area (Å²) in [6.07, 6.45) is 0. The maximum absolute atomic E-state index is 12.3. The Morgan fingerprint density at radius 1 is 1.05 bits per heavy atom. The molecule has 0 atom stereocenters. The SMILES string of the molecule is CCN(CC)C(=O)Nc1ccc(C)cc1-c1ccccc1. The van der Waals surface area contributed by atoms with Crippen LogP contribution in [0.5, 0.6) is 0 Å². The number of amides is 2. The quantitative estimate of drug-likeness (QED) is 0.877. The minimum absolute atomic E-state index is 0.0546. The van der Waals surface area contributed by atoms with E-state index in [1.165, 1.54) is 5.56 Å². The van der Waals surface area contributed by atoms with Gasteiger partial charge < -0.3 is 10.2 Å². The molecule has 2 aromatic rings. The summed E-state index contributed by atoms with van der Waals surface area (Å²) >= 11 is 0. The first-order chi connectivity index (χ1) is 10.2. The van der Waals surface area contributed by atoms with Crippen LogP contribution in [-0.4, -0.2) is 24.0 Å². The second kappa shape index (κ2) is 6.93. The highest BCUT2D eigenvalue weighted by Gasteiger charge is 2.12. The zero-order chi connectivity index (χ0) is 15.2. The zero-order valence-corrected chi connectivity index (χ0v) is 12.9. The smallest absolute Gasteiger partial charge is 0.321 e. The highest BCUT2D eigenvalue weighted by atomic mass is 16.2. The summed E-state index contributed by atoms with van der Waals surface area (Å²) in [4.78, 5) is 14.0. The molecular weight excluding hydrogens is 260 g/mol. The minimum Gasteiger partial charge on any atom is -0.325 e. The third-order valence-electron chi connectivity index (χ3n) is 3.55. The fourth-order valence-corrected chi connectivity index (χ4v) is 2.33. The normalized spacial score (nSPS) is 10.2. The van der Waals surface area contributed by atoms with Crippen LogP contribution in [0, 0.1) is 6.92 Å². The highest BCUT2D eigenvalue weighted by molar-refractivity contribution is 5.94. The molecule has 3 nitrogen and oxygen atoms in total. The number of hydrogen-bond acceptors (Lipinski definition) is 1. The van der Waals surface area contributed by atoms with E-state index in [2.05, 4.69) is 30.4 Å². The number of nitrogens with one attached hydrogen (secondary N) is 1. The van der Waals surface area contributed by atoms with Crippen LogP contribution < -0.4 is 5.32 Å². The Labute approximate surface area is 126 Å². The van der Waals surface area contributed by atoms with Gasteiger partial charge in [-0.05, 0) is 38.5 Å². The molecule has 0 unspecified atom stereocenters. The highest BCUT2D eigenvalue weighted by Crippen LogP contribution is 2.29. The molecule has 0 aromatic heterocycles. The number of benzene rings is 2. The Hall–Kier alpha value is -2.29. The van der Waals surface area contributed by atoms with Crippen LogP contribution in [0.3, 0.4) is 0 Å². The summed E-state index contributed by atoms with van der Waals surface area (Å²) < 4.78 is 0. The predicted octanol–water partition coefficient (Wildman–Crippen LogP) is 4.54. The molecule has 0 saturated carbocycles. The molecule has 0 aliphatic rings. The van der Waals surface area contributed by atoms with Gasteiger partial charge in [0.25, 0.3) is 0 Å². The van der Waals surface area contributed by atoms with E-state index < -0.39 is 0 Å². The fourth-order valence-electron chi connectivity index (χ4n) is 2.33. The van der Waals surface area contributed by atoms with Crippen molar-refractivity contribution in [2.75, 3.05) is 18.4 Å². The fraction of sp³-hybridized carbons (Fsp3) is 0.278. The van der Waals surface area contributed by atoms with Gasteiger partial charge in [-0.3, -0.25) is 0 Å². The van der Waals surface area contributed by atoms with Gasteiger partial charge in [0.1, 0.15) is 0 Å². The van der Waals surface area contributed by atoms with Crippen LogP contribution in [-0.2, 0) is 0 Å². The van der Waals surface area contributed by atoms with Crippen LogP contribution >= 0.6 is 0 Å². The van der Waals surface area contributed by atoms with Crippen molar-refractivity contribution in [1.29, 1.82) is 0 Å². The number of nitrogens with zero attached hydrogens (tertiary/aromatic N) is 1. The molecule has 2 aromatic carbocycles. The zero-order valence-electron chi connectivity index (χ0n) is 12.9. The Bertz CT molecular complexity index is 604. The lowest BCUT2D eigenvalue weighted by molar-refractivity contribution is 0.217. The van der Waals surface area contributed by atoms with Gasteiger partial charge in [-0.25, -0.2) is 4.79 Å². The van der Waals surface area contributed by atoms with E-state index in [0.717, 1.165) is 16.8 Å². The van der Waals surface area contributed by atoms with Crippen molar-refractivity contribution in [2.24, 2.45) is 0 Å². The predicted molar refractivity (Wildman–Crippen MR) is 88.6 cm³/mol. The Balaban J connectivity index is 2.34. The van der Waals surface area contributed by atoms with Crippen LogP contribution in [0.4, 0.5) is 10.5 Å². The average Bonchev–Trinajstić information content (AvgIpc) is 2.51. The number of carbonyl (C=O) groups is 1. The third kappa shape index (κ3) is 3.63. The van der Waals surface area contributed by atoms with E-state index in [9.17, 15) is 4.79 Å². The molecule has 0 aliphatic carbocycles. The standard InChI is InChI=1S/C18H22N2O/c1-4-20(5-2)18(21)19-17-12-11-14(3)13-16(17)15-9-7-6-8-10-15/h6-13H,4-5H2,1-3H3,(H,19,21). The van der Waals surface area contributed by atoms with Gasteiger partial charge in [0.2, 0.25) is 0 Å². The molecule has 0 spiro atoms. The van der Waals surface area contributed by atoms with E-state index in [4.69, 9.17) is 0 Å². The first-order valence-electron chi connectivity index (χ1n) is 7.37. The van der Waals surface area contributed by atoms with Crippen LogP contribution in [0.15, 0.2) is 48.5 Å². The van der Waals surface area contributed by atoms with Crippen molar-refractivity contribution in [3.63, 3.8) is 0 Å². The lowest BCUT2D eigenvalue weighted by Crippen LogP contribution is -2.34. The first kappa shape index (κ1) is 15.1. The van der Waals surface area contributed by atoms with Gasteiger partial charge >= 0.3 is 6.03 Å². The monoisotopic (exact) mass is 282 g/mol. The van der Waals surface area contributed by atoms with Crippen molar-refractivity contribution >= 4 is 11.7 Å². The maximum atomic E-state index is 12.3. The summed E-state index contributed by atoms with van der Waals surface area (Å²) in [6.45, 7) is 7.43. The van der Waals surface area contributed by atoms with Gasteiger partial charge in [-0.15, -0.1) is 0 Å². The van der Waals surface area contributed by atoms with Crippen LogP contribution in [0.25, 0.3) is 11.1 Å². The molecule has 1 N–H and O–H groups in total. The Morgan fingerprint density at radius 3 is 2.33 bits per heavy atom. The molecule has 0 fully saturated rings. The largest absolute Gasteiger partial charge is 0.325 e.